The van der Waals surface area contributed by atoms with Gasteiger partial charge in [0.2, 0.25) is 0 Å². The van der Waals surface area contributed by atoms with Gasteiger partial charge in [0.25, 0.3) is 0 Å². The van der Waals surface area contributed by atoms with Gasteiger partial charge in [-0.1, -0.05) is 29.8 Å². The SMILES string of the molecule is NC(=NCCCc1ccccc1Cl)N1CCN(c2nccs2)CC1. The highest BCUT2D eigenvalue weighted by molar-refractivity contribution is 7.13. The Balaban J connectivity index is 1.42. The van der Waals surface area contributed by atoms with Crippen LogP contribution in [0.15, 0.2) is 40.8 Å². The van der Waals surface area contributed by atoms with Gasteiger partial charge in [0.05, 0.1) is 0 Å². The number of nitrogens with zero attached hydrogens (tertiary/aromatic N) is 4. The Hall–Kier alpha value is -1.79. The predicted octanol–water partition coefficient (Wildman–Crippen LogP) is 2.87. The molecule has 1 fully saturated rings. The average Bonchev–Trinajstić information content (AvgIpc) is 3.15. The van der Waals surface area contributed by atoms with E-state index in [2.05, 4.69) is 25.8 Å². The molecule has 2 N–H and O–H groups in total. The molecule has 0 unspecified atom stereocenters. The fourth-order valence-electron chi connectivity index (χ4n) is 2.76. The summed E-state index contributed by atoms with van der Waals surface area (Å²) in [6.07, 6.45) is 3.72. The Morgan fingerprint density at radius 3 is 2.75 bits per heavy atom. The van der Waals surface area contributed by atoms with Crippen molar-refractivity contribution in [2.24, 2.45) is 10.7 Å². The Morgan fingerprint density at radius 1 is 1.25 bits per heavy atom. The summed E-state index contributed by atoms with van der Waals surface area (Å²) < 4.78 is 0. The van der Waals surface area contributed by atoms with E-state index in [0.29, 0.717) is 5.96 Å². The number of guanidine groups is 1. The second-order valence-corrected chi connectivity index (χ2v) is 7.00. The van der Waals surface area contributed by atoms with Gasteiger partial charge >= 0.3 is 0 Å². The van der Waals surface area contributed by atoms with Gasteiger partial charge in [-0.2, -0.15) is 0 Å². The van der Waals surface area contributed by atoms with Crippen molar-refractivity contribution in [1.82, 2.24) is 9.88 Å². The molecule has 128 valence electrons. The van der Waals surface area contributed by atoms with Gasteiger partial charge in [-0.3, -0.25) is 4.99 Å². The standard InChI is InChI=1S/C17H22ClN5S/c18-15-6-2-1-4-14(15)5-3-7-20-16(19)22-9-11-23(12-10-22)17-21-8-13-24-17/h1-2,4,6,8,13H,3,5,7,9-12H2,(H2,19,20). The first-order valence-corrected chi connectivity index (χ1v) is 9.42. The van der Waals surface area contributed by atoms with Crippen LogP contribution in [0, 0.1) is 0 Å². The summed E-state index contributed by atoms with van der Waals surface area (Å²) in [5.41, 5.74) is 7.31. The van der Waals surface area contributed by atoms with Gasteiger partial charge < -0.3 is 15.5 Å². The lowest BCUT2D eigenvalue weighted by Gasteiger charge is -2.35. The van der Waals surface area contributed by atoms with E-state index in [0.717, 1.165) is 55.7 Å². The molecule has 2 aromatic rings. The number of aromatic nitrogens is 1. The average molecular weight is 364 g/mol. The Bertz CT molecular complexity index is 665. The molecule has 1 aromatic heterocycles. The summed E-state index contributed by atoms with van der Waals surface area (Å²) in [4.78, 5) is 13.3. The summed E-state index contributed by atoms with van der Waals surface area (Å²) in [6.45, 7) is 4.37. The number of piperazine rings is 1. The van der Waals surface area contributed by atoms with E-state index in [-0.39, 0.29) is 0 Å². The zero-order valence-corrected chi connectivity index (χ0v) is 15.1. The molecule has 0 saturated carbocycles. The number of aliphatic imine (C=N–C) groups is 1. The van der Waals surface area contributed by atoms with E-state index >= 15 is 0 Å². The van der Waals surface area contributed by atoms with Gasteiger partial charge in [0.15, 0.2) is 11.1 Å². The van der Waals surface area contributed by atoms with Crippen LogP contribution in [0.2, 0.25) is 5.02 Å². The summed E-state index contributed by atoms with van der Waals surface area (Å²) in [6, 6.07) is 7.96. The molecule has 24 heavy (non-hydrogen) atoms. The third-order valence-electron chi connectivity index (χ3n) is 4.13. The minimum absolute atomic E-state index is 0.646. The van der Waals surface area contributed by atoms with Gasteiger partial charge in [0.1, 0.15) is 0 Å². The van der Waals surface area contributed by atoms with Crippen LogP contribution in [0.1, 0.15) is 12.0 Å². The van der Waals surface area contributed by atoms with E-state index < -0.39 is 0 Å². The molecule has 3 rings (SSSR count). The topological polar surface area (TPSA) is 57.8 Å². The van der Waals surface area contributed by atoms with Crippen molar-refractivity contribution in [3.63, 3.8) is 0 Å². The number of aryl methyl sites for hydroxylation is 1. The fraction of sp³-hybridized carbons (Fsp3) is 0.412. The molecule has 2 heterocycles. The fourth-order valence-corrected chi connectivity index (χ4v) is 3.69. The van der Waals surface area contributed by atoms with Gasteiger partial charge in [-0.25, -0.2) is 4.98 Å². The molecule has 1 aliphatic rings. The lowest BCUT2D eigenvalue weighted by atomic mass is 10.1. The van der Waals surface area contributed by atoms with Gasteiger partial charge in [-0.15, -0.1) is 11.3 Å². The molecule has 0 aliphatic carbocycles. The zero-order valence-electron chi connectivity index (χ0n) is 13.6. The number of nitrogens with two attached hydrogens (primary N) is 1. The Labute approximate surface area is 151 Å². The first-order chi connectivity index (χ1) is 11.7. The predicted molar refractivity (Wildman–Crippen MR) is 102 cm³/mol. The van der Waals surface area contributed by atoms with Crippen LogP contribution in [-0.4, -0.2) is 48.6 Å². The van der Waals surface area contributed by atoms with Crippen LogP contribution in [0.25, 0.3) is 0 Å². The highest BCUT2D eigenvalue weighted by atomic mass is 35.5. The van der Waals surface area contributed by atoms with Crippen molar-refractivity contribution < 1.29 is 0 Å². The first-order valence-electron chi connectivity index (χ1n) is 8.17. The molecule has 0 radical (unpaired) electrons. The van der Waals surface area contributed by atoms with Crippen LogP contribution in [0.4, 0.5) is 5.13 Å². The van der Waals surface area contributed by atoms with E-state index in [1.54, 1.807) is 11.3 Å². The molecule has 1 aliphatic heterocycles. The number of anilines is 1. The maximum absolute atomic E-state index is 6.17. The van der Waals surface area contributed by atoms with E-state index in [9.17, 15) is 0 Å². The number of halogens is 1. The zero-order chi connectivity index (χ0) is 16.8. The third-order valence-corrected chi connectivity index (χ3v) is 5.33. The number of benzene rings is 1. The van der Waals surface area contributed by atoms with Crippen LogP contribution in [-0.2, 0) is 6.42 Å². The van der Waals surface area contributed by atoms with Crippen molar-refractivity contribution in [1.29, 1.82) is 0 Å². The molecule has 0 spiro atoms. The molecular formula is C17H22ClN5S. The molecule has 1 saturated heterocycles. The second kappa shape index (κ2) is 8.35. The van der Waals surface area contributed by atoms with Crippen LogP contribution >= 0.6 is 22.9 Å². The Kier molecular flexibility index (Phi) is 5.93. The van der Waals surface area contributed by atoms with Gasteiger partial charge in [0, 0.05) is 49.3 Å². The van der Waals surface area contributed by atoms with Crippen LogP contribution < -0.4 is 10.6 Å². The van der Waals surface area contributed by atoms with Crippen molar-refractivity contribution in [3.8, 4) is 0 Å². The molecule has 0 bridgehead atoms. The van der Waals surface area contributed by atoms with Crippen molar-refractivity contribution in [2.45, 2.75) is 12.8 Å². The highest BCUT2D eigenvalue weighted by Gasteiger charge is 2.19. The summed E-state index contributed by atoms with van der Waals surface area (Å²) >= 11 is 7.84. The summed E-state index contributed by atoms with van der Waals surface area (Å²) in [5.74, 6) is 0.646. The third kappa shape index (κ3) is 4.39. The van der Waals surface area contributed by atoms with Crippen LogP contribution in [0.3, 0.4) is 0 Å². The quantitative estimate of drug-likeness (QED) is 0.504. The monoisotopic (exact) mass is 363 g/mol. The van der Waals surface area contributed by atoms with Crippen molar-refractivity contribution in [2.75, 3.05) is 37.6 Å². The summed E-state index contributed by atoms with van der Waals surface area (Å²) in [7, 11) is 0. The molecule has 5 nitrogen and oxygen atoms in total. The maximum atomic E-state index is 6.17. The molecule has 0 amide bonds. The van der Waals surface area contributed by atoms with Gasteiger partial charge in [-0.05, 0) is 24.5 Å². The molecule has 0 atom stereocenters. The molecule has 1 aromatic carbocycles. The number of thiazole rings is 1. The number of hydrogen-bond donors (Lipinski definition) is 1. The summed E-state index contributed by atoms with van der Waals surface area (Å²) in [5, 5.41) is 3.92. The smallest absolute Gasteiger partial charge is 0.191 e. The van der Waals surface area contributed by atoms with E-state index in [1.165, 1.54) is 5.56 Å². The molecule has 7 heteroatoms. The van der Waals surface area contributed by atoms with Crippen molar-refractivity contribution >= 4 is 34.0 Å². The number of rotatable bonds is 5. The largest absolute Gasteiger partial charge is 0.370 e. The first kappa shape index (κ1) is 17.0. The van der Waals surface area contributed by atoms with Crippen molar-refractivity contribution in [3.05, 3.63) is 46.4 Å². The second-order valence-electron chi connectivity index (χ2n) is 5.72. The Morgan fingerprint density at radius 2 is 2.04 bits per heavy atom. The lowest BCUT2D eigenvalue weighted by Crippen LogP contribution is -2.51. The maximum Gasteiger partial charge on any atom is 0.191 e. The minimum atomic E-state index is 0.646. The minimum Gasteiger partial charge on any atom is -0.370 e. The number of hydrogen-bond acceptors (Lipinski definition) is 4. The van der Waals surface area contributed by atoms with E-state index in [4.69, 9.17) is 17.3 Å². The molecular weight excluding hydrogens is 342 g/mol. The highest BCUT2D eigenvalue weighted by Crippen LogP contribution is 2.19. The normalized spacial score (nSPS) is 15.8. The lowest BCUT2D eigenvalue weighted by molar-refractivity contribution is 0.380. The van der Waals surface area contributed by atoms with E-state index in [1.807, 2.05) is 29.8 Å². The van der Waals surface area contributed by atoms with Crippen LogP contribution in [0.5, 0.6) is 0 Å².